The molecule has 1 aliphatic carbocycles. The summed E-state index contributed by atoms with van der Waals surface area (Å²) >= 11 is 1.40. The van der Waals surface area contributed by atoms with Gasteiger partial charge < -0.3 is 15.0 Å². The van der Waals surface area contributed by atoms with Crippen LogP contribution in [0.4, 0.5) is 0 Å². The van der Waals surface area contributed by atoms with Crippen molar-refractivity contribution >= 4 is 17.7 Å². The topological polar surface area (TPSA) is 84.1 Å². The number of carbonyl (C=O) groups is 1. The molecule has 0 radical (unpaired) electrons. The molecule has 6 nitrogen and oxygen atoms in total. The molecule has 1 saturated carbocycles. The molecule has 1 aliphatic rings. The fraction of sp³-hybridized carbons (Fsp3) is 0.688. The van der Waals surface area contributed by atoms with Gasteiger partial charge in [0.2, 0.25) is 5.91 Å². The second-order valence-electron chi connectivity index (χ2n) is 5.86. The first kappa shape index (κ1) is 18.0. The highest BCUT2D eigenvalue weighted by molar-refractivity contribution is 7.98. The Morgan fingerprint density at radius 1 is 1.48 bits per heavy atom. The molecule has 0 atom stereocenters. The molecule has 0 aromatic carbocycles. The second kappa shape index (κ2) is 9.08. The Hall–Kier alpha value is -1.34. The van der Waals surface area contributed by atoms with Gasteiger partial charge in [0.25, 0.3) is 5.56 Å². The maximum atomic E-state index is 12.0. The number of ether oxygens (including phenoxy) is 1. The van der Waals surface area contributed by atoms with Crippen molar-refractivity contribution in [2.24, 2.45) is 5.92 Å². The van der Waals surface area contributed by atoms with Gasteiger partial charge in [-0.3, -0.25) is 9.59 Å². The van der Waals surface area contributed by atoms with Gasteiger partial charge in [0.05, 0.1) is 0 Å². The summed E-state index contributed by atoms with van der Waals surface area (Å²) in [6.07, 6.45) is 5.98. The predicted octanol–water partition coefficient (Wildman–Crippen LogP) is 1.67. The molecular formula is C16H25N3O3S. The Bertz CT molecular complexity index is 584. The summed E-state index contributed by atoms with van der Waals surface area (Å²) < 4.78 is 5.51. The minimum Gasteiger partial charge on any atom is -0.381 e. The number of hydrogen-bond acceptors (Lipinski definition) is 5. The number of rotatable bonds is 10. The molecule has 0 unspecified atom stereocenters. The number of carbonyl (C=O) groups excluding carboxylic acids is 1. The molecule has 0 spiro atoms. The van der Waals surface area contributed by atoms with Crippen LogP contribution in [0, 0.1) is 12.8 Å². The third-order valence-corrected chi connectivity index (χ3v) is 4.41. The molecular weight excluding hydrogens is 314 g/mol. The van der Waals surface area contributed by atoms with Gasteiger partial charge in [0, 0.05) is 37.4 Å². The Kier molecular flexibility index (Phi) is 7.11. The van der Waals surface area contributed by atoms with Crippen LogP contribution < -0.4 is 10.9 Å². The van der Waals surface area contributed by atoms with Gasteiger partial charge in [-0.25, -0.2) is 4.98 Å². The van der Waals surface area contributed by atoms with Gasteiger partial charge in [-0.1, -0.05) is 11.8 Å². The summed E-state index contributed by atoms with van der Waals surface area (Å²) in [5.41, 5.74) is 1.13. The first-order valence-electron chi connectivity index (χ1n) is 8.08. The Morgan fingerprint density at radius 3 is 2.91 bits per heavy atom. The highest BCUT2D eigenvalue weighted by Gasteiger charge is 2.20. The number of H-pyrrole nitrogens is 1. The standard InChI is InChI=1S/C16H25N3O3S/c1-11-13(15(21)19-16(18-11)23-2)6-7-14(20)17-8-3-9-22-10-12-4-5-12/h12H,3-10H2,1-2H3,(H,17,20)(H,18,19,21). The van der Waals surface area contributed by atoms with Gasteiger partial charge >= 0.3 is 0 Å². The van der Waals surface area contributed by atoms with E-state index in [1.807, 2.05) is 6.26 Å². The summed E-state index contributed by atoms with van der Waals surface area (Å²) in [7, 11) is 0. The fourth-order valence-electron chi connectivity index (χ4n) is 2.24. The minimum absolute atomic E-state index is 0.0417. The van der Waals surface area contributed by atoms with Crippen LogP contribution in [0.2, 0.25) is 0 Å². The van der Waals surface area contributed by atoms with Crippen LogP contribution in [-0.4, -0.2) is 41.9 Å². The first-order valence-corrected chi connectivity index (χ1v) is 9.31. The van der Waals surface area contributed by atoms with Gasteiger partial charge in [0.15, 0.2) is 5.16 Å². The third-order valence-electron chi connectivity index (χ3n) is 3.83. The zero-order chi connectivity index (χ0) is 16.7. The molecule has 1 fully saturated rings. The quantitative estimate of drug-likeness (QED) is 0.385. The van der Waals surface area contributed by atoms with Crippen LogP contribution in [0.5, 0.6) is 0 Å². The number of amides is 1. The molecule has 2 N–H and O–H groups in total. The second-order valence-corrected chi connectivity index (χ2v) is 6.66. The highest BCUT2D eigenvalue weighted by Crippen LogP contribution is 2.28. The van der Waals surface area contributed by atoms with E-state index < -0.39 is 0 Å². The van der Waals surface area contributed by atoms with E-state index in [-0.39, 0.29) is 11.5 Å². The number of hydrogen-bond donors (Lipinski definition) is 2. The number of aryl methyl sites for hydroxylation is 1. The first-order chi connectivity index (χ1) is 11.1. The largest absolute Gasteiger partial charge is 0.381 e. The minimum atomic E-state index is -0.150. The van der Waals surface area contributed by atoms with Gasteiger partial charge in [0.1, 0.15) is 0 Å². The Morgan fingerprint density at radius 2 is 2.26 bits per heavy atom. The third kappa shape index (κ3) is 6.35. The van der Waals surface area contributed by atoms with E-state index in [9.17, 15) is 9.59 Å². The van der Waals surface area contributed by atoms with E-state index in [2.05, 4.69) is 15.3 Å². The summed E-state index contributed by atoms with van der Waals surface area (Å²) in [6, 6.07) is 0. The van der Waals surface area contributed by atoms with E-state index in [1.165, 1.54) is 24.6 Å². The van der Waals surface area contributed by atoms with Crippen molar-refractivity contribution in [2.75, 3.05) is 26.0 Å². The molecule has 1 amide bonds. The zero-order valence-electron chi connectivity index (χ0n) is 13.8. The maximum Gasteiger partial charge on any atom is 0.254 e. The molecule has 0 saturated heterocycles. The molecule has 23 heavy (non-hydrogen) atoms. The van der Waals surface area contributed by atoms with Crippen LogP contribution in [-0.2, 0) is 16.0 Å². The smallest absolute Gasteiger partial charge is 0.254 e. The Labute approximate surface area is 140 Å². The predicted molar refractivity (Wildman–Crippen MR) is 90.9 cm³/mol. The molecule has 0 aliphatic heterocycles. The molecule has 7 heteroatoms. The van der Waals surface area contributed by atoms with Crippen LogP contribution in [0.15, 0.2) is 9.95 Å². The summed E-state index contributed by atoms with van der Waals surface area (Å²) in [4.78, 5) is 30.8. The number of nitrogens with zero attached hydrogens (tertiary/aromatic N) is 1. The lowest BCUT2D eigenvalue weighted by Crippen LogP contribution is -2.27. The monoisotopic (exact) mass is 339 g/mol. The summed E-state index contributed by atoms with van der Waals surface area (Å²) in [5.74, 6) is 0.733. The molecule has 2 rings (SSSR count). The van der Waals surface area contributed by atoms with Crippen molar-refractivity contribution in [3.63, 3.8) is 0 Å². The highest BCUT2D eigenvalue weighted by atomic mass is 32.2. The molecule has 128 valence electrons. The van der Waals surface area contributed by atoms with E-state index >= 15 is 0 Å². The number of aromatic nitrogens is 2. The molecule has 1 aromatic heterocycles. The number of thioether (sulfide) groups is 1. The summed E-state index contributed by atoms with van der Waals surface area (Å²) in [5, 5.41) is 3.47. The van der Waals surface area contributed by atoms with Crippen molar-refractivity contribution in [2.45, 2.75) is 44.2 Å². The van der Waals surface area contributed by atoms with E-state index in [4.69, 9.17) is 4.74 Å². The summed E-state index contributed by atoms with van der Waals surface area (Å²) in [6.45, 7) is 3.96. The van der Waals surface area contributed by atoms with Crippen LogP contribution in [0.25, 0.3) is 0 Å². The van der Waals surface area contributed by atoms with Crippen molar-refractivity contribution < 1.29 is 9.53 Å². The SMILES string of the molecule is CSc1nc(C)c(CCC(=O)NCCCOCC2CC2)c(=O)[nH]1. The zero-order valence-corrected chi connectivity index (χ0v) is 14.6. The van der Waals surface area contributed by atoms with Gasteiger partial charge in [-0.2, -0.15) is 0 Å². The van der Waals surface area contributed by atoms with Crippen molar-refractivity contribution in [1.82, 2.24) is 15.3 Å². The van der Waals surface area contributed by atoms with Gasteiger partial charge in [-0.15, -0.1) is 0 Å². The normalized spacial score (nSPS) is 14.0. The fourth-order valence-corrected chi connectivity index (χ4v) is 2.66. The lowest BCUT2D eigenvalue weighted by atomic mass is 10.1. The molecule has 1 heterocycles. The lowest BCUT2D eigenvalue weighted by molar-refractivity contribution is -0.121. The van der Waals surface area contributed by atoms with Gasteiger partial charge in [-0.05, 0) is 44.8 Å². The van der Waals surface area contributed by atoms with Crippen LogP contribution in [0.1, 0.15) is 36.9 Å². The number of nitrogens with one attached hydrogen (secondary N) is 2. The lowest BCUT2D eigenvalue weighted by Gasteiger charge is -2.07. The average molecular weight is 339 g/mol. The van der Waals surface area contributed by atoms with Crippen molar-refractivity contribution in [1.29, 1.82) is 0 Å². The average Bonchev–Trinajstić information content (AvgIpc) is 3.33. The molecule has 0 bridgehead atoms. The van der Waals surface area contributed by atoms with Crippen LogP contribution in [0.3, 0.4) is 0 Å². The van der Waals surface area contributed by atoms with Crippen molar-refractivity contribution in [3.8, 4) is 0 Å². The molecule has 1 aromatic rings. The Balaban J connectivity index is 1.64. The van der Waals surface area contributed by atoms with E-state index in [1.54, 1.807) is 6.92 Å². The van der Waals surface area contributed by atoms with Crippen molar-refractivity contribution in [3.05, 3.63) is 21.6 Å². The van der Waals surface area contributed by atoms with E-state index in [0.717, 1.165) is 18.9 Å². The van der Waals surface area contributed by atoms with Crippen LogP contribution >= 0.6 is 11.8 Å². The number of aromatic amines is 1. The maximum absolute atomic E-state index is 12.0. The van der Waals surface area contributed by atoms with E-state index in [0.29, 0.717) is 42.4 Å².